The zero-order valence-corrected chi connectivity index (χ0v) is 14.6. The van der Waals surface area contributed by atoms with Crippen molar-refractivity contribution in [3.05, 3.63) is 35.7 Å². The molecule has 1 saturated heterocycles. The molecule has 1 aliphatic heterocycles. The first kappa shape index (κ1) is 16.2. The van der Waals surface area contributed by atoms with Gasteiger partial charge in [-0.05, 0) is 38.9 Å². The molecule has 3 rings (SSSR count). The Labute approximate surface area is 141 Å². The molecule has 1 N–H and O–H groups in total. The van der Waals surface area contributed by atoms with Crippen LogP contribution in [0.15, 0.2) is 24.3 Å². The Morgan fingerprint density at radius 2 is 2.04 bits per heavy atom. The van der Waals surface area contributed by atoms with Gasteiger partial charge in [0, 0.05) is 23.6 Å². The van der Waals surface area contributed by atoms with Gasteiger partial charge in [-0.15, -0.1) is 0 Å². The lowest BCUT2D eigenvalue weighted by Gasteiger charge is -2.35. The van der Waals surface area contributed by atoms with Gasteiger partial charge in [0.2, 0.25) is 5.13 Å². The molecule has 1 aromatic carbocycles. The van der Waals surface area contributed by atoms with Gasteiger partial charge in [-0.25, -0.2) is 4.98 Å². The highest BCUT2D eigenvalue weighted by molar-refractivity contribution is 7.09. The van der Waals surface area contributed by atoms with Gasteiger partial charge in [-0.3, -0.25) is 4.90 Å². The molecule has 1 aromatic heterocycles. The van der Waals surface area contributed by atoms with Crippen molar-refractivity contribution in [1.29, 1.82) is 0 Å². The molecule has 0 amide bonds. The molecule has 2 aromatic rings. The average Bonchev–Trinajstić information content (AvgIpc) is 3.02. The van der Waals surface area contributed by atoms with Crippen molar-refractivity contribution in [2.24, 2.45) is 0 Å². The third-order valence-electron chi connectivity index (χ3n) is 4.30. The highest BCUT2D eigenvalue weighted by atomic mass is 32.1. The number of rotatable bonds is 6. The minimum Gasteiger partial charge on any atom is -0.496 e. The summed E-state index contributed by atoms with van der Waals surface area (Å²) in [6, 6.07) is 8.61. The lowest BCUT2D eigenvalue weighted by molar-refractivity contribution is 0.168. The number of hydrogen-bond acceptors (Lipinski definition) is 6. The SMILES string of the molecule is COc1ccccc1C(CNc1nc(C)ns1)N1CCCCC1. The second-order valence-corrected chi connectivity index (χ2v) is 6.63. The van der Waals surface area contributed by atoms with Crippen LogP contribution in [0.3, 0.4) is 0 Å². The van der Waals surface area contributed by atoms with Crippen molar-refractivity contribution in [3.8, 4) is 5.75 Å². The van der Waals surface area contributed by atoms with Gasteiger partial charge in [0.1, 0.15) is 11.6 Å². The standard InChI is InChI=1S/C17H24N4OS/c1-13-19-17(23-20-13)18-12-15(21-10-6-3-7-11-21)14-8-4-5-9-16(14)22-2/h4-5,8-9,15H,3,6-7,10-12H2,1-2H3,(H,18,19,20). The summed E-state index contributed by atoms with van der Waals surface area (Å²) in [6.07, 6.45) is 3.87. The van der Waals surface area contributed by atoms with Gasteiger partial charge in [0.15, 0.2) is 0 Å². The minimum absolute atomic E-state index is 0.288. The highest BCUT2D eigenvalue weighted by Crippen LogP contribution is 2.31. The Morgan fingerprint density at radius 3 is 2.74 bits per heavy atom. The number of likely N-dealkylation sites (tertiary alicyclic amines) is 1. The van der Waals surface area contributed by atoms with E-state index in [1.807, 2.05) is 19.1 Å². The number of benzene rings is 1. The molecule has 0 saturated carbocycles. The molecule has 0 aliphatic carbocycles. The van der Waals surface area contributed by atoms with Crippen LogP contribution in [0, 0.1) is 6.92 Å². The summed E-state index contributed by atoms with van der Waals surface area (Å²) in [5.41, 5.74) is 1.24. The molecule has 0 bridgehead atoms. The first-order chi connectivity index (χ1) is 11.3. The Balaban J connectivity index is 1.80. The second kappa shape index (κ2) is 7.75. The van der Waals surface area contributed by atoms with E-state index in [0.29, 0.717) is 0 Å². The third-order valence-corrected chi connectivity index (χ3v) is 5.07. The average molecular weight is 332 g/mol. The summed E-state index contributed by atoms with van der Waals surface area (Å²) in [5.74, 6) is 1.78. The number of piperidine rings is 1. The van der Waals surface area contributed by atoms with E-state index in [1.54, 1.807) is 7.11 Å². The van der Waals surface area contributed by atoms with E-state index >= 15 is 0 Å². The lowest BCUT2D eigenvalue weighted by atomic mass is 10.0. The largest absolute Gasteiger partial charge is 0.496 e. The quantitative estimate of drug-likeness (QED) is 0.877. The van der Waals surface area contributed by atoms with Crippen molar-refractivity contribution in [2.45, 2.75) is 32.2 Å². The van der Waals surface area contributed by atoms with Gasteiger partial charge in [0.25, 0.3) is 0 Å². The number of methoxy groups -OCH3 is 1. The van der Waals surface area contributed by atoms with Crippen LogP contribution in [0.1, 0.15) is 36.7 Å². The molecular formula is C17H24N4OS. The van der Waals surface area contributed by atoms with Crippen LogP contribution < -0.4 is 10.1 Å². The summed E-state index contributed by atoms with van der Waals surface area (Å²) in [5, 5.41) is 4.35. The number of hydrogen-bond donors (Lipinski definition) is 1. The normalized spacial score (nSPS) is 17.0. The van der Waals surface area contributed by atoms with Gasteiger partial charge in [0.05, 0.1) is 13.2 Å². The second-order valence-electron chi connectivity index (χ2n) is 5.88. The number of anilines is 1. The molecule has 124 valence electrons. The fourth-order valence-electron chi connectivity index (χ4n) is 3.16. The van der Waals surface area contributed by atoms with Crippen LogP contribution >= 0.6 is 11.5 Å². The molecular weight excluding hydrogens is 308 g/mol. The molecule has 5 nitrogen and oxygen atoms in total. The van der Waals surface area contributed by atoms with Crippen LogP contribution in [0.2, 0.25) is 0 Å². The van der Waals surface area contributed by atoms with E-state index in [1.165, 1.54) is 36.4 Å². The minimum atomic E-state index is 0.288. The number of aromatic nitrogens is 2. The van der Waals surface area contributed by atoms with Gasteiger partial charge >= 0.3 is 0 Å². The highest BCUT2D eigenvalue weighted by Gasteiger charge is 2.25. The number of ether oxygens (including phenoxy) is 1. The predicted octanol–water partition coefficient (Wildman–Crippen LogP) is 3.49. The van der Waals surface area contributed by atoms with Crippen LogP contribution in [-0.4, -0.2) is 41.0 Å². The van der Waals surface area contributed by atoms with Gasteiger partial charge in [-0.2, -0.15) is 4.37 Å². The van der Waals surface area contributed by atoms with E-state index < -0.39 is 0 Å². The number of nitrogens with one attached hydrogen (secondary N) is 1. The summed E-state index contributed by atoms with van der Waals surface area (Å²) in [4.78, 5) is 6.97. The zero-order valence-electron chi connectivity index (χ0n) is 13.8. The zero-order chi connectivity index (χ0) is 16.1. The smallest absolute Gasteiger partial charge is 0.202 e. The van der Waals surface area contributed by atoms with Crippen molar-refractivity contribution < 1.29 is 4.74 Å². The van der Waals surface area contributed by atoms with E-state index in [9.17, 15) is 0 Å². The lowest BCUT2D eigenvalue weighted by Crippen LogP contribution is -2.37. The maximum atomic E-state index is 5.59. The summed E-state index contributed by atoms with van der Waals surface area (Å²) >= 11 is 1.42. The summed E-state index contributed by atoms with van der Waals surface area (Å²) in [6.45, 7) is 5.01. The fraction of sp³-hybridized carbons (Fsp3) is 0.529. The summed E-state index contributed by atoms with van der Waals surface area (Å²) < 4.78 is 9.84. The third kappa shape index (κ3) is 4.00. The predicted molar refractivity (Wildman–Crippen MR) is 94.3 cm³/mol. The first-order valence-electron chi connectivity index (χ1n) is 8.19. The molecule has 1 unspecified atom stereocenters. The van der Waals surface area contributed by atoms with Crippen LogP contribution in [0.25, 0.3) is 0 Å². The van der Waals surface area contributed by atoms with Crippen LogP contribution in [0.5, 0.6) is 5.75 Å². The molecule has 1 fully saturated rings. The Morgan fingerprint density at radius 1 is 1.26 bits per heavy atom. The maximum Gasteiger partial charge on any atom is 0.202 e. The van der Waals surface area contributed by atoms with E-state index in [0.717, 1.165) is 36.3 Å². The first-order valence-corrected chi connectivity index (χ1v) is 8.96. The molecule has 6 heteroatoms. The van der Waals surface area contributed by atoms with E-state index in [-0.39, 0.29) is 6.04 Å². The number of aryl methyl sites for hydroxylation is 1. The van der Waals surface area contributed by atoms with Gasteiger partial charge < -0.3 is 10.1 Å². The Kier molecular flexibility index (Phi) is 5.46. The molecule has 0 spiro atoms. The number of para-hydroxylation sites is 1. The molecule has 0 radical (unpaired) electrons. The van der Waals surface area contributed by atoms with Crippen molar-refractivity contribution in [3.63, 3.8) is 0 Å². The van der Waals surface area contributed by atoms with Gasteiger partial charge in [-0.1, -0.05) is 24.6 Å². The Hall–Kier alpha value is -1.66. The van der Waals surface area contributed by atoms with Crippen LogP contribution in [0.4, 0.5) is 5.13 Å². The van der Waals surface area contributed by atoms with E-state index in [2.05, 4.69) is 31.7 Å². The van der Waals surface area contributed by atoms with E-state index in [4.69, 9.17) is 4.74 Å². The fourth-order valence-corrected chi connectivity index (χ4v) is 3.74. The Bertz CT molecular complexity index is 625. The molecule has 23 heavy (non-hydrogen) atoms. The van der Waals surface area contributed by atoms with Crippen LogP contribution in [-0.2, 0) is 0 Å². The molecule has 1 aliphatic rings. The number of nitrogens with zero attached hydrogens (tertiary/aromatic N) is 3. The molecule has 2 heterocycles. The maximum absolute atomic E-state index is 5.59. The monoisotopic (exact) mass is 332 g/mol. The van der Waals surface area contributed by atoms with Crippen molar-refractivity contribution in [2.75, 3.05) is 32.1 Å². The van der Waals surface area contributed by atoms with Crippen molar-refractivity contribution >= 4 is 16.7 Å². The summed E-state index contributed by atoms with van der Waals surface area (Å²) in [7, 11) is 1.74. The topological polar surface area (TPSA) is 50.3 Å². The molecule has 1 atom stereocenters. The van der Waals surface area contributed by atoms with Crippen molar-refractivity contribution in [1.82, 2.24) is 14.3 Å².